The third kappa shape index (κ3) is 5.51. The molecular weight excluding hydrogens is 369 g/mol. The van der Waals surface area contributed by atoms with Crippen LogP contribution in [-0.4, -0.2) is 34.7 Å². The molecule has 1 aliphatic rings. The predicted molar refractivity (Wildman–Crippen MR) is 85.7 cm³/mol. The van der Waals surface area contributed by atoms with Gasteiger partial charge in [0.1, 0.15) is 0 Å². The second-order valence-corrected chi connectivity index (χ2v) is 7.65. The summed E-state index contributed by atoms with van der Waals surface area (Å²) in [7, 11) is -3.93. The number of ether oxygens (including phenoxy) is 1. The Labute approximate surface area is 145 Å². The molecule has 0 saturated carbocycles. The van der Waals surface area contributed by atoms with Gasteiger partial charge in [0.25, 0.3) is 0 Å². The van der Waals surface area contributed by atoms with Crippen molar-refractivity contribution >= 4 is 22.4 Å². The van der Waals surface area contributed by atoms with Gasteiger partial charge in [-0.1, -0.05) is 6.92 Å². The van der Waals surface area contributed by atoms with Gasteiger partial charge in [-0.3, -0.25) is 0 Å². The first kappa shape index (κ1) is 21.0. The van der Waals surface area contributed by atoms with Gasteiger partial charge in [-0.05, 0) is 43.0 Å². The van der Waals surface area contributed by atoms with Crippen LogP contribution >= 0.6 is 12.4 Å². The van der Waals surface area contributed by atoms with E-state index in [1.807, 2.05) is 6.92 Å². The monoisotopic (exact) mass is 388 g/mol. The molecule has 1 aromatic carbocycles. The third-order valence-electron chi connectivity index (χ3n) is 3.80. The first-order valence-electron chi connectivity index (χ1n) is 7.17. The van der Waals surface area contributed by atoms with Crippen molar-refractivity contribution < 1.29 is 26.3 Å². The van der Waals surface area contributed by atoms with E-state index in [0.29, 0.717) is 12.6 Å². The lowest BCUT2D eigenvalue weighted by Gasteiger charge is -2.34. The minimum Gasteiger partial charge on any atom is -0.432 e. The minimum atomic E-state index is -3.93. The highest BCUT2D eigenvalue weighted by Gasteiger charge is 2.29. The van der Waals surface area contributed by atoms with E-state index in [1.54, 1.807) is 0 Å². The molecule has 10 heteroatoms. The lowest BCUT2D eigenvalue weighted by atomic mass is 9.83. The Morgan fingerprint density at radius 2 is 2.12 bits per heavy atom. The molecule has 0 aliphatic carbocycles. The highest BCUT2D eigenvalue weighted by molar-refractivity contribution is 7.89. The SMILES string of the molecule is CC1(CNS(=O)(=O)c2ccc(OC(F)F)c(F)c2)CCCNC1.Cl. The summed E-state index contributed by atoms with van der Waals surface area (Å²) < 4.78 is 68.6. The number of nitrogens with one attached hydrogen (secondary N) is 2. The van der Waals surface area contributed by atoms with Crippen molar-refractivity contribution in [1.29, 1.82) is 0 Å². The molecule has 1 saturated heterocycles. The summed E-state index contributed by atoms with van der Waals surface area (Å²) in [5.41, 5.74) is -0.220. The van der Waals surface area contributed by atoms with Gasteiger partial charge in [-0.2, -0.15) is 8.78 Å². The first-order valence-corrected chi connectivity index (χ1v) is 8.65. The van der Waals surface area contributed by atoms with Gasteiger partial charge in [-0.15, -0.1) is 12.4 Å². The maximum Gasteiger partial charge on any atom is 0.387 e. The third-order valence-corrected chi connectivity index (χ3v) is 5.20. The van der Waals surface area contributed by atoms with Gasteiger partial charge < -0.3 is 10.1 Å². The highest BCUT2D eigenvalue weighted by atomic mass is 35.5. The second kappa shape index (κ2) is 8.37. The van der Waals surface area contributed by atoms with Crippen LogP contribution in [0.2, 0.25) is 0 Å². The fourth-order valence-corrected chi connectivity index (χ4v) is 3.67. The maximum absolute atomic E-state index is 13.7. The average Bonchev–Trinajstić information content (AvgIpc) is 2.48. The zero-order valence-corrected chi connectivity index (χ0v) is 14.7. The van der Waals surface area contributed by atoms with Crippen LogP contribution in [0.3, 0.4) is 0 Å². The van der Waals surface area contributed by atoms with E-state index in [2.05, 4.69) is 14.8 Å². The fourth-order valence-electron chi connectivity index (χ4n) is 2.46. The number of hydrogen-bond acceptors (Lipinski definition) is 4. The fraction of sp³-hybridized carbons (Fsp3) is 0.571. The van der Waals surface area contributed by atoms with Crippen molar-refractivity contribution in [2.75, 3.05) is 19.6 Å². The lowest BCUT2D eigenvalue weighted by Crippen LogP contribution is -2.45. The van der Waals surface area contributed by atoms with Gasteiger partial charge in [0.2, 0.25) is 10.0 Å². The Kier molecular flexibility index (Phi) is 7.33. The van der Waals surface area contributed by atoms with Gasteiger partial charge in [0.15, 0.2) is 11.6 Å². The van der Waals surface area contributed by atoms with Crippen molar-refractivity contribution in [3.05, 3.63) is 24.0 Å². The number of alkyl halides is 2. The van der Waals surface area contributed by atoms with Gasteiger partial charge >= 0.3 is 6.61 Å². The second-order valence-electron chi connectivity index (χ2n) is 5.89. The molecule has 0 amide bonds. The molecule has 5 nitrogen and oxygen atoms in total. The maximum atomic E-state index is 13.7. The number of hydrogen-bond donors (Lipinski definition) is 2. The van der Waals surface area contributed by atoms with Crippen LogP contribution in [0.25, 0.3) is 0 Å². The van der Waals surface area contributed by atoms with Crippen LogP contribution < -0.4 is 14.8 Å². The summed E-state index contributed by atoms with van der Waals surface area (Å²) in [6.45, 7) is 0.578. The largest absolute Gasteiger partial charge is 0.432 e. The van der Waals surface area contributed by atoms with Gasteiger partial charge in [0, 0.05) is 13.1 Å². The molecule has 1 atom stereocenters. The summed E-state index contributed by atoms with van der Waals surface area (Å²) in [4.78, 5) is -0.330. The van der Waals surface area contributed by atoms with E-state index in [9.17, 15) is 21.6 Å². The van der Waals surface area contributed by atoms with E-state index in [4.69, 9.17) is 0 Å². The molecule has 1 aliphatic heterocycles. The smallest absolute Gasteiger partial charge is 0.387 e. The molecule has 2 N–H and O–H groups in total. The molecule has 1 unspecified atom stereocenters. The molecule has 1 heterocycles. The van der Waals surface area contributed by atoms with E-state index in [1.165, 1.54) is 0 Å². The van der Waals surface area contributed by atoms with E-state index < -0.39 is 28.2 Å². The van der Waals surface area contributed by atoms with Crippen molar-refractivity contribution in [3.63, 3.8) is 0 Å². The number of piperidine rings is 1. The predicted octanol–water partition coefficient (Wildman–Crippen LogP) is 2.52. The number of sulfonamides is 1. The van der Waals surface area contributed by atoms with E-state index >= 15 is 0 Å². The summed E-state index contributed by atoms with van der Waals surface area (Å²) in [6, 6.07) is 2.58. The van der Waals surface area contributed by atoms with Crippen molar-refractivity contribution in [3.8, 4) is 5.75 Å². The molecule has 1 aromatic rings. The van der Waals surface area contributed by atoms with Crippen LogP contribution in [0.1, 0.15) is 19.8 Å². The summed E-state index contributed by atoms with van der Waals surface area (Å²) in [5, 5.41) is 3.20. The summed E-state index contributed by atoms with van der Waals surface area (Å²) >= 11 is 0. The minimum absolute atomic E-state index is 0. The Hall–Kier alpha value is -1.03. The summed E-state index contributed by atoms with van der Waals surface area (Å²) in [5.74, 6) is -1.85. The van der Waals surface area contributed by atoms with Crippen LogP contribution in [0.5, 0.6) is 5.75 Å². The first-order chi connectivity index (χ1) is 10.7. The summed E-state index contributed by atoms with van der Waals surface area (Å²) in [6.07, 6.45) is 1.82. The number of benzene rings is 1. The quantitative estimate of drug-likeness (QED) is 0.785. The highest BCUT2D eigenvalue weighted by Crippen LogP contribution is 2.26. The van der Waals surface area contributed by atoms with Gasteiger partial charge in [0.05, 0.1) is 4.90 Å². The molecule has 0 spiro atoms. The van der Waals surface area contributed by atoms with Crippen LogP contribution in [0, 0.1) is 11.2 Å². The van der Waals surface area contributed by atoms with Crippen molar-refractivity contribution in [1.82, 2.24) is 10.0 Å². The lowest BCUT2D eigenvalue weighted by molar-refractivity contribution is -0.0522. The Morgan fingerprint density at radius 3 is 2.67 bits per heavy atom. The van der Waals surface area contributed by atoms with Crippen molar-refractivity contribution in [2.45, 2.75) is 31.3 Å². The standard InChI is InChI=1S/C14H19F3N2O3S.ClH/c1-14(5-2-6-18-8-14)9-19-23(20,21)10-3-4-12(11(15)7-10)22-13(16)17;/h3-4,7,13,18-19H,2,5-6,8-9H2,1H3;1H. The molecule has 0 radical (unpaired) electrons. The van der Waals surface area contributed by atoms with E-state index in [-0.39, 0.29) is 29.3 Å². The molecule has 2 rings (SSSR count). The topological polar surface area (TPSA) is 67.4 Å². The molecule has 138 valence electrons. The zero-order chi connectivity index (χ0) is 17.1. The zero-order valence-electron chi connectivity index (χ0n) is 13.0. The van der Waals surface area contributed by atoms with Gasteiger partial charge in [-0.25, -0.2) is 17.5 Å². The molecule has 0 bridgehead atoms. The van der Waals surface area contributed by atoms with E-state index in [0.717, 1.165) is 31.5 Å². The van der Waals surface area contributed by atoms with Crippen molar-refractivity contribution in [2.24, 2.45) is 5.41 Å². The molecule has 1 fully saturated rings. The van der Waals surface area contributed by atoms with Crippen LogP contribution in [-0.2, 0) is 10.0 Å². The molecular formula is C14H20ClF3N2O3S. The number of halogens is 4. The van der Waals surface area contributed by atoms with Crippen LogP contribution in [0.4, 0.5) is 13.2 Å². The normalized spacial score (nSPS) is 21.4. The molecule has 0 aromatic heterocycles. The van der Waals surface area contributed by atoms with Crippen LogP contribution in [0.15, 0.2) is 23.1 Å². The Morgan fingerprint density at radius 1 is 1.42 bits per heavy atom. The average molecular weight is 389 g/mol. The Balaban J connectivity index is 0.00000288. The molecule has 24 heavy (non-hydrogen) atoms. The Bertz CT molecular complexity index is 653. The number of rotatable bonds is 6.